The first kappa shape index (κ1) is 14.6. The number of halogens is 1. The van der Waals surface area contributed by atoms with Gasteiger partial charge in [-0.1, -0.05) is 42.5 Å². The van der Waals surface area contributed by atoms with Crippen molar-refractivity contribution in [2.24, 2.45) is 0 Å². The van der Waals surface area contributed by atoms with E-state index in [4.69, 9.17) is 9.84 Å². The van der Waals surface area contributed by atoms with Crippen molar-refractivity contribution in [3.8, 4) is 11.5 Å². The SMILES string of the molecule is O=C(O)Cc1ccc(Oc2c(Br)ccc3ccccc23)cc1. The van der Waals surface area contributed by atoms with E-state index in [1.165, 1.54) is 0 Å². The molecule has 3 nitrogen and oxygen atoms in total. The molecular weight excluding hydrogens is 344 g/mol. The Kier molecular flexibility index (Phi) is 4.11. The molecule has 3 rings (SSSR count). The first-order valence-corrected chi connectivity index (χ1v) is 7.58. The normalized spacial score (nSPS) is 10.6. The highest BCUT2D eigenvalue weighted by molar-refractivity contribution is 9.10. The molecule has 0 radical (unpaired) electrons. The molecule has 0 heterocycles. The summed E-state index contributed by atoms with van der Waals surface area (Å²) in [5.74, 6) is 0.584. The molecule has 0 amide bonds. The lowest BCUT2D eigenvalue weighted by Gasteiger charge is -2.11. The van der Waals surface area contributed by atoms with E-state index in [0.717, 1.165) is 26.6 Å². The molecule has 0 atom stereocenters. The standard InChI is InChI=1S/C18H13BrO3/c19-16-10-7-13-3-1-2-4-15(13)18(16)22-14-8-5-12(6-9-14)11-17(20)21/h1-10H,11H2,(H,20,21). The van der Waals surface area contributed by atoms with E-state index in [-0.39, 0.29) is 6.42 Å². The van der Waals surface area contributed by atoms with Gasteiger partial charge in [0.05, 0.1) is 10.9 Å². The summed E-state index contributed by atoms with van der Waals surface area (Å²) in [6, 6.07) is 19.1. The van der Waals surface area contributed by atoms with Gasteiger partial charge in [-0.2, -0.15) is 0 Å². The van der Waals surface area contributed by atoms with E-state index in [0.29, 0.717) is 5.75 Å². The second-order valence-electron chi connectivity index (χ2n) is 4.91. The molecule has 0 saturated carbocycles. The van der Waals surface area contributed by atoms with Gasteiger partial charge in [-0.15, -0.1) is 0 Å². The lowest BCUT2D eigenvalue weighted by molar-refractivity contribution is -0.136. The van der Waals surface area contributed by atoms with E-state index in [1.807, 2.05) is 36.4 Å². The smallest absolute Gasteiger partial charge is 0.307 e. The van der Waals surface area contributed by atoms with Gasteiger partial charge in [0.1, 0.15) is 11.5 Å². The molecule has 0 aliphatic carbocycles. The average Bonchev–Trinajstić information content (AvgIpc) is 2.51. The van der Waals surface area contributed by atoms with Gasteiger partial charge in [-0.05, 0) is 45.1 Å². The molecule has 0 unspecified atom stereocenters. The highest BCUT2D eigenvalue weighted by Crippen LogP contribution is 2.36. The van der Waals surface area contributed by atoms with Crippen LogP contribution in [-0.2, 0) is 11.2 Å². The van der Waals surface area contributed by atoms with Crippen molar-refractivity contribution >= 4 is 32.7 Å². The van der Waals surface area contributed by atoms with Crippen LogP contribution in [0.2, 0.25) is 0 Å². The van der Waals surface area contributed by atoms with Crippen LogP contribution in [0, 0.1) is 0 Å². The highest BCUT2D eigenvalue weighted by atomic mass is 79.9. The zero-order valence-electron chi connectivity index (χ0n) is 11.6. The molecule has 0 aromatic heterocycles. The summed E-state index contributed by atoms with van der Waals surface area (Å²) in [6.45, 7) is 0. The van der Waals surface area contributed by atoms with E-state index >= 15 is 0 Å². The Labute approximate surface area is 136 Å². The Bertz CT molecular complexity index is 825. The van der Waals surface area contributed by atoms with Gasteiger partial charge in [0.2, 0.25) is 0 Å². The fourth-order valence-electron chi connectivity index (χ4n) is 2.29. The maximum absolute atomic E-state index is 10.7. The van der Waals surface area contributed by atoms with Crippen molar-refractivity contribution in [2.75, 3.05) is 0 Å². The molecule has 4 heteroatoms. The second-order valence-corrected chi connectivity index (χ2v) is 5.77. The predicted octanol–water partition coefficient (Wildman–Crippen LogP) is 5.02. The summed E-state index contributed by atoms with van der Waals surface area (Å²) in [7, 11) is 0. The topological polar surface area (TPSA) is 46.5 Å². The minimum atomic E-state index is -0.842. The molecule has 0 saturated heterocycles. The quantitative estimate of drug-likeness (QED) is 0.713. The zero-order valence-corrected chi connectivity index (χ0v) is 13.2. The van der Waals surface area contributed by atoms with Crippen molar-refractivity contribution in [3.63, 3.8) is 0 Å². The Hall–Kier alpha value is -2.33. The maximum Gasteiger partial charge on any atom is 0.307 e. The van der Waals surface area contributed by atoms with Gasteiger partial charge < -0.3 is 9.84 Å². The number of benzene rings is 3. The summed E-state index contributed by atoms with van der Waals surface area (Å²) >= 11 is 3.52. The van der Waals surface area contributed by atoms with Crippen molar-refractivity contribution in [1.29, 1.82) is 0 Å². The Morgan fingerprint density at radius 1 is 1.00 bits per heavy atom. The molecular formula is C18H13BrO3. The van der Waals surface area contributed by atoms with Crippen LogP contribution in [0.1, 0.15) is 5.56 Å². The number of rotatable bonds is 4. The average molecular weight is 357 g/mol. The fraction of sp³-hybridized carbons (Fsp3) is 0.0556. The number of ether oxygens (including phenoxy) is 1. The van der Waals surface area contributed by atoms with Crippen molar-refractivity contribution in [1.82, 2.24) is 0 Å². The molecule has 22 heavy (non-hydrogen) atoms. The van der Waals surface area contributed by atoms with Crippen LogP contribution < -0.4 is 4.74 Å². The number of carboxylic acids is 1. The van der Waals surface area contributed by atoms with Gasteiger partial charge in [0.15, 0.2) is 0 Å². The van der Waals surface area contributed by atoms with Crippen LogP contribution in [0.15, 0.2) is 65.1 Å². The third-order valence-electron chi connectivity index (χ3n) is 3.33. The van der Waals surface area contributed by atoms with Gasteiger partial charge in [-0.3, -0.25) is 4.79 Å². The van der Waals surface area contributed by atoms with Gasteiger partial charge in [0, 0.05) is 5.39 Å². The summed E-state index contributed by atoms with van der Waals surface area (Å²) in [6.07, 6.45) is 0.0121. The minimum absolute atomic E-state index is 0.0121. The number of carboxylic acid groups (broad SMARTS) is 1. The zero-order chi connectivity index (χ0) is 15.5. The highest BCUT2D eigenvalue weighted by Gasteiger charge is 2.08. The number of hydrogen-bond acceptors (Lipinski definition) is 2. The van der Waals surface area contributed by atoms with Crippen molar-refractivity contribution < 1.29 is 14.6 Å². The van der Waals surface area contributed by atoms with E-state index < -0.39 is 5.97 Å². The third-order valence-corrected chi connectivity index (χ3v) is 3.95. The monoisotopic (exact) mass is 356 g/mol. The maximum atomic E-state index is 10.7. The molecule has 1 N–H and O–H groups in total. The second kappa shape index (κ2) is 6.20. The molecule has 0 spiro atoms. The molecule has 0 aliphatic rings. The van der Waals surface area contributed by atoms with E-state index in [1.54, 1.807) is 24.3 Å². The molecule has 0 fully saturated rings. The van der Waals surface area contributed by atoms with Crippen molar-refractivity contribution in [3.05, 3.63) is 70.7 Å². The molecule has 3 aromatic rings. The molecule has 0 aliphatic heterocycles. The van der Waals surface area contributed by atoms with Crippen LogP contribution in [-0.4, -0.2) is 11.1 Å². The summed E-state index contributed by atoms with van der Waals surface area (Å²) < 4.78 is 6.86. The summed E-state index contributed by atoms with van der Waals surface area (Å²) in [5, 5.41) is 10.9. The Morgan fingerprint density at radius 2 is 1.73 bits per heavy atom. The molecule has 3 aromatic carbocycles. The van der Waals surface area contributed by atoms with E-state index in [9.17, 15) is 4.79 Å². The predicted molar refractivity (Wildman–Crippen MR) is 89.5 cm³/mol. The molecule has 110 valence electrons. The summed E-state index contributed by atoms with van der Waals surface area (Å²) in [5.41, 5.74) is 0.747. The van der Waals surface area contributed by atoms with Crippen LogP contribution >= 0.6 is 15.9 Å². The first-order valence-electron chi connectivity index (χ1n) is 6.79. The lowest BCUT2D eigenvalue weighted by Crippen LogP contribution is -1.99. The van der Waals surface area contributed by atoms with Crippen LogP contribution in [0.4, 0.5) is 0 Å². The Balaban J connectivity index is 1.93. The fourth-order valence-corrected chi connectivity index (χ4v) is 2.71. The third kappa shape index (κ3) is 3.12. The number of fused-ring (bicyclic) bond motifs is 1. The van der Waals surface area contributed by atoms with Crippen LogP contribution in [0.5, 0.6) is 11.5 Å². The largest absolute Gasteiger partial charge is 0.481 e. The number of carbonyl (C=O) groups is 1. The number of hydrogen-bond donors (Lipinski definition) is 1. The minimum Gasteiger partial charge on any atom is -0.481 e. The van der Waals surface area contributed by atoms with Crippen LogP contribution in [0.25, 0.3) is 10.8 Å². The lowest BCUT2D eigenvalue weighted by atomic mass is 10.1. The first-order chi connectivity index (χ1) is 10.6. The Morgan fingerprint density at radius 3 is 2.45 bits per heavy atom. The van der Waals surface area contributed by atoms with Crippen LogP contribution in [0.3, 0.4) is 0 Å². The molecule has 0 bridgehead atoms. The number of aliphatic carboxylic acids is 1. The van der Waals surface area contributed by atoms with Gasteiger partial charge in [-0.25, -0.2) is 0 Å². The van der Waals surface area contributed by atoms with Gasteiger partial charge >= 0.3 is 5.97 Å². The van der Waals surface area contributed by atoms with Crippen molar-refractivity contribution in [2.45, 2.75) is 6.42 Å². The summed E-state index contributed by atoms with van der Waals surface area (Å²) in [4.78, 5) is 10.7. The van der Waals surface area contributed by atoms with Gasteiger partial charge in [0.25, 0.3) is 0 Å². The van der Waals surface area contributed by atoms with E-state index in [2.05, 4.69) is 15.9 Å².